The van der Waals surface area contributed by atoms with Crippen molar-refractivity contribution >= 4 is 5.97 Å². The van der Waals surface area contributed by atoms with Crippen molar-refractivity contribution in [3.8, 4) is 0 Å². The SMILES string of the molecule is C=C/C(O)=C(\C=C)CCCC(=O)O. The summed E-state index contributed by atoms with van der Waals surface area (Å²) < 4.78 is 0. The van der Waals surface area contributed by atoms with Gasteiger partial charge in [-0.1, -0.05) is 19.2 Å². The van der Waals surface area contributed by atoms with Crippen molar-refractivity contribution in [1.82, 2.24) is 0 Å². The predicted octanol–water partition coefficient (Wildman–Crippen LogP) is 2.43. The molecule has 0 fully saturated rings. The summed E-state index contributed by atoms with van der Waals surface area (Å²) in [5.41, 5.74) is 0.635. The molecule has 0 aliphatic rings. The number of hydrogen-bond donors (Lipinski definition) is 2. The quantitative estimate of drug-likeness (QED) is 0.490. The predicted molar refractivity (Wildman–Crippen MR) is 51.5 cm³/mol. The van der Waals surface area contributed by atoms with Crippen LogP contribution in [0.5, 0.6) is 0 Å². The van der Waals surface area contributed by atoms with Gasteiger partial charge in [-0.2, -0.15) is 0 Å². The molecule has 0 unspecified atom stereocenters. The van der Waals surface area contributed by atoms with Crippen LogP contribution in [0.2, 0.25) is 0 Å². The molecule has 2 N–H and O–H groups in total. The van der Waals surface area contributed by atoms with E-state index in [4.69, 9.17) is 5.11 Å². The molecule has 0 aromatic carbocycles. The van der Waals surface area contributed by atoms with Crippen LogP contribution in [0.4, 0.5) is 0 Å². The monoisotopic (exact) mass is 182 g/mol. The normalized spacial score (nSPS) is 11.7. The Hall–Kier alpha value is -1.51. The van der Waals surface area contributed by atoms with E-state index in [9.17, 15) is 9.90 Å². The topological polar surface area (TPSA) is 57.5 Å². The molecular formula is C10H14O3. The Bertz CT molecular complexity index is 239. The van der Waals surface area contributed by atoms with E-state index in [0.717, 1.165) is 0 Å². The summed E-state index contributed by atoms with van der Waals surface area (Å²) in [5.74, 6) is -0.762. The third-order valence-electron chi connectivity index (χ3n) is 1.61. The van der Waals surface area contributed by atoms with Crippen LogP contribution in [0.3, 0.4) is 0 Å². The van der Waals surface area contributed by atoms with E-state index in [1.54, 1.807) is 0 Å². The molecular weight excluding hydrogens is 168 g/mol. The van der Waals surface area contributed by atoms with E-state index in [1.165, 1.54) is 12.2 Å². The Balaban J connectivity index is 4.07. The van der Waals surface area contributed by atoms with Gasteiger partial charge in [0.1, 0.15) is 5.76 Å². The second-order valence-corrected chi connectivity index (χ2v) is 2.57. The third kappa shape index (κ3) is 4.85. The number of aliphatic hydroxyl groups is 1. The maximum Gasteiger partial charge on any atom is 0.303 e. The average molecular weight is 182 g/mol. The molecule has 0 saturated carbocycles. The summed E-state index contributed by atoms with van der Waals surface area (Å²) in [5, 5.41) is 17.6. The van der Waals surface area contributed by atoms with Crippen molar-refractivity contribution in [2.75, 3.05) is 0 Å². The Labute approximate surface area is 77.7 Å². The van der Waals surface area contributed by atoms with Gasteiger partial charge in [0.2, 0.25) is 0 Å². The standard InChI is InChI=1S/C10H14O3/c1-3-8(9(11)4-2)6-5-7-10(12)13/h3-4,11H,1-2,5-7H2,(H,12,13)/b9-8-. The minimum absolute atomic E-state index is 0.0698. The van der Waals surface area contributed by atoms with Gasteiger partial charge in [0.15, 0.2) is 0 Å². The zero-order valence-corrected chi connectivity index (χ0v) is 7.49. The molecule has 0 aliphatic carbocycles. The average Bonchev–Trinajstić information content (AvgIpc) is 2.11. The van der Waals surface area contributed by atoms with E-state index in [-0.39, 0.29) is 12.2 Å². The number of carboxylic acids is 1. The minimum Gasteiger partial charge on any atom is -0.508 e. The molecule has 0 radical (unpaired) electrons. The first kappa shape index (κ1) is 11.5. The van der Waals surface area contributed by atoms with E-state index >= 15 is 0 Å². The molecule has 0 heterocycles. The van der Waals surface area contributed by atoms with Crippen molar-refractivity contribution in [3.63, 3.8) is 0 Å². The molecule has 0 aromatic rings. The van der Waals surface area contributed by atoms with Crippen LogP contribution in [0.1, 0.15) is 19.3 Å². The van der Waals surface area contributed by atoms with Crippen LogP contribution in [-0.2, 0) is 4.79 Å². The second kappa shape index (κ2) is 6.06. The van der Waals surface area contributed by atoms with Gasteiger partial charge in [-0.05, 0) is 24.5 Å². The first-order chi connectivity index (χ1) is 6.11. The summed E-state index contributed by atoms with van der Waals surface area (Å²) in [4.78, 5) is 10.2. The van der Waals surface area contributed by atoms with Crippen LogP contribution in [0.25, 0.3) is 0 Å². The fourth-order valence-corrected chi connectivity index (χ4v) is 0.896. The van der Waals surface area contributed by atoms with Gasteiger partial charge in [-0.25, -0.2) is 0 Å². The highest BCUT2D eigenvalue weighted by atomic mass is 16.4. The van der Waals surface area contributed by atoms with Crippen molar-refractivity contribution in [3.05, 3.63) is 36.6 Å². The highest BCUT2D eigenvalue weighted by Gasteiger charge is 2.01. The second-order valence-electron chi connectivity index (χ2n) is 2.57. The zero-order chi connectivity index (χ0) is 10.3. The minimum atomic E-state index is -0.832. The molecule has 0 bridgehead atoms. The van der Waals surface area contributed by atoms with Gasteiger partial charge in [-0.15, -0.1) is 0 Å². The lowest BCUT2D eigenvalue weighted by atomic mass is 10.1. The Morgan fingerprint density at radius 3 is 2.15 bits per heavy atom. The summed E-state index contributed by atoms with van der Waals surface area (Å²) >= 11 is 0. The molecule has 72 valence electrons. The maximum absolute atomic E-state index is 10.2. The van der Waals surface area contributed by atoms with Crippen molar-refractivity contribution in [2.45, 2.75) is 19.3 Å². The van der Waals surface area contributed by atoms with Crippen molar-refractivity contribution < 1.29 is 15.0 Å². The van der Waals surface area contributed by atoms with Gasteiger partial charge in [0, 0.05) is 6.42 Å². The van der Waals surface area contributed by atoms with E-state index in [0.29, 0.717) is 18.4 Å². The van der Waals surface area contributed by atoms with Crippen molar-refractivity contribution in [1.29, 1.82) is 0 Å². The highest BCUT2D eigenvalue weighted by Crippen LogP contribution is 2.12. The Morgan fingerprint density at radius 2 is 1.77 bits per heavy atom. The summed E-state index contributed by atoms with van der Waals surface area (Å²) in [7, 11) is 0. The number of carbonyl (C=O) groups is 1. The lowest BCUT2D eigenvalue weighted by Crippen LogP contribution is -1.95. The molecule has 0 spiro atoms. The maximum atomic E-state index is 10.2. The first-order valence-electron chi connectivity index (χ1n) is 4.00. The molecule has 0 saturated heterocycles. The lowest BCUT2D eigenvalue weighted by Gasteiger charge is -2.01. The van der Waals surface area contributed by atoms with Crippen LogP contribution in [0.15, 0.2) is 36.6 Å². The number of hydrogen-bond acceptors (Lipinski definition) is 2. The molecule has 13 heavy (non-hydrogen) atoms. The van der Waals surface area contributed by atoms with Gasteiger partial charge >= 0.3 is 5.97 Å². The fraction of sp³-hybridized carbons (Fsp3) is 0.300. The van der Waals surface area contributed by atoms with Crippen LogP contribution < -0.4 is 0 Å². The number of allylic oxidation sites excluding steroid dienone is 3. The van der Waals surface area contributed by atoms with Crippen LogP contribution in [-0.4, -0.2) is 16.2 Å². The van der Waals surface area contributed by atoms with E-state index < -0.39 is 5.97 Å². The van der Waals surface area contributed by atoms with Gasteiger partial charge in [0.05, 0.1) is 0 Å². The third-order valence-corrected chi connectivity index (χ3v) is 1.61. The summed E-state index contributed by atoms with van der Waals surface area (Å²) in [6.07, 6.45) is 3.93. The molecule has 3 nitrogen and oxygen atoms in total. The lowest BCUT2D eigenvalue weighted by molar-refractivity contribution is -0.137. The fourth-order valence-electron chi connectivity index (χ4n) is 0.896. The molecule has 0 atom stereocenters. The van der Waals surface area contributed by atoms with Gasteiger partial charge in [-0.3, -0.25) is 4.79 Å². The number of rotatable bonds is 6. The highest BCUT2D eigenvalue weighted by molar-refractivity contribution is 5.66. The molecule has 0 rings (SSSR count). The first-order valence-corrected chi connectivity index (χ1v) is 4.00. The largest absolute Gasteiger partial charge is 0.508 e. The summed E-state index contributed by atoms with van der Waals surface area (Å²) in [6, 6.07) is 0. The summed E-state index contributed by atoms with van der Waals surface area (Å²) in [6.45, 7) is 6.92. The van der Waals surface area contributed by atoms with Gasteiger partial charge < -0.3 is 10.2 Å². The molecule has 0 amide bonds. The molecule has 3 heteroatoms. The van der Waals surface area contributed by atoms with E-state index in [2.05, 4.69) is 13.2 Å². The van der Waals surface area contributed by atoms with Crippen LogP contribution in [0, 0.1) is 0 Å². The van der Waals surface area contributed by atoms with Crippen molar-refractivity contribution in [2.24, 2.45) is 0 Å². The molecule has 0 aliphatic heterocycles. The Morgan fingerprint density at radius 1 is 1.15 bits per heavy atom. The van der Waals surface area contributed by atoms with E-state index in [1.807, 2.05) is 0 Å². The number of carboxylic acid groups (broad SMARTS) is 1. The number of aliphatic carboxylic acids is 1. The van der Waals surface area contributed by atoms with Crippen LogP contribution >= 0.6 is 0 Å². The molecule has 0 aromatic heterocycles. The zero-order valence-electron chi connectivity index (χ0n) is 7.49. The smallest absolute Gasteiger partial charge is 0.303 e. The number of aliphatic hydroxyl groups excluding tert-OH is 1. The Kier molecular flexibility index (Phi) is 5.35. The van der Waals surface area contributed by atoms with Gasteiger partial charge in [0.25, 0.3) is 0 Å².